The van der Waals surface area contributed by atoms with E-state index in [1.54, 1.807) is 0 Å². The highest BCUT2D eigenvalue weighted by atomic mass is 19.3. The summed E-state index contributed by atoms with van der Waals surface area (Å²) in [6.45, 7) is -0.664. The van der Waals surface area contributed by atoms with E-state index in [-0.39, 0.29) is 17.0 Å². The van der Waals surface area contributed by atoms with Crippen LogP contribution in [0.25, 0.3) is 0 Å². The van der Waals surface area contributed by atoms with Crippen molar-refractivity contribution < 1.29 is 23.4 Å². The highest BCUT2D eigenvalue weighted by Gasteiger charge is 2.36. The summed E-state index contributed by atoms with van der Waals surface area (Å²) >= 11 is 0. The number of alkyl halides is 2. The van der Waals surface area contributed by atoms with Crippen molar-refractivity contribution in [2.24, 2.45) is 0 Å². The van der Waals surface area contributed by atoms with Gasteiger partial charge < -0.3 is 15.2 Å². The van der Waals surface area contributed by atoms with E-state index in [0.717, 1.165) is 0 Å². The van der Waals surface area contributed by atoms with Crippen molar-refractivity contribution in [1.29, 1.82) is 0 Å². The number of halogens is 2. The van der Waals surface area contributed by atoms with E-state index < -0.39 is 18.6 Å². The number of carbonyl (C=O) groups is 1. The van der Waals surface area contributed by atoms with Crippen molar-refractivity contribution in [1.82, 2.24) is 0 Å². The summed E-state index contributed by atoms with van der Waals surface area (Å²) in [5.74, 6) is -1.16. The molecule has 0 aliphatic carbocycles. The Labute approximate surface area is 83.5 Å². The standard InChI is InChI=1S/C9H7F2NO3/c10-9(11)4-12-6-3-5(8(13)14)1-2-7(6)15-9/h1-3,12H,4H2,(H,13,14). The number of nitrogens with one attached hydrogen (secondary N) is 1. The molecule has 0 radical (unpaired) electrons. The van der Waals surface area contributed by atoms with Crippen LogP contribution in [-0.2, 0) is 0 Å². The summed E-state index contributed by atoms with van der Waals surface area (Å²) in [6, 6.07) is 3.68. The lowest BCUT2D eigenvalue weighted by Gasteiger charge is -2.26. The van der Waals surface area contributed by atoms with Gasteiger partial charge in [0.15, 0.2) is 0 Å². The first-order valence-corrected chi connectivity index (χ1v) is 4.16. The molecule has 1 heterocycles. The van der Waals surface area contributed by atoms with Crippen molar-refractivity contribution in [2.75, 3.05) is 11.9 Å². The van der Waals surface area contributed by atoms with E-state index in [2.05, 4.69) is 10.1 Å². The first-order chi connectivity index (χ1) is 6.98. The smallest absolute Gasteiger partial charge is 0.415 e. The molecular weight excluding hydrogens is 208 g/mol. The van der Waals surface area contributed by atoms with Gasteiger partial charge in [0.05, 0.1) is 11.3 Å². The Bertz CT molecular complexity index is 420. The zero-order valence-electron chi connectivity index (χ0n) is 7.46. The van der Waals surface area contributed by atoms with Crippen LogP contribution in [0, 0.1) is 0 Å². The van der Waals surface area contributed by atoms with Gasteiger partial charge >= 0.3 is 12.1 Å². The summed E-state index contributed by atoms with van der Waals surface area (Å²) in [6.07, 6.45) is -3.25. The lowest BCUT2D eigenvalue weighted by molar-refractivity contribution is -0.166. The molecule has 0 spiro atoms. The molecule has 0 fully saturated rings. The van der Waals surface area contributed by atoms with Crippen molar-refractivity contribution in [3.8, 4) is 5.75 Å². The molecule has 6 heteroatoms. The molecule has 0 aromatic heterocycles. The molecule has 0 unspecified atom stereocenters. The van der Waals surface area contributed by atoms with Crippen LogP contribution in [0.1, 0.15) is 10.4 Å². The minimum Gasteiger partial charge on any atom is -0.478 e. The van der Waals surface area contributed by atoms with Crippen LogP contribution in [0.2, 0.25) is 0 Å². The fourth-order valence-electron chi connectivity index (χ4n) is 1.29. The van der Waals surface area contributed by atoms with Crippen LogP contribution in [0.5, 0.6) is 5.75 Å². The molecule has 1 aliphatic rings. The fraction of sp³-hybridized carbons (Fsp3) is 0.222. The molecule has 1 aliphatic heterocycles. The molecular formula is C9H7F2NO3. The maximum Gasteiger partial charge on any atom is 0.415 e. The average molecular weight is 215 g/mol. The molecule has 0 bridgehead atoms. The van der Waals surface area contributed by atoms with Crippen molar-refractivity contribution in [2.45, 2.75) is 6.11 Å². The van der Waals surface area contributed by atoms with Crippen molar-refractivity contribution in [3.63, 3.8) is 0 Å². The number of ether oxygens (including phenoxy) is 1. The number of fused-ring (bicyclic) bond motifs is 1. The minimum absolute atomic E-state index is 0.0232. The van der Waals surface area contributed by atoms with Gasteiger partial charge in [0.1, 0.15) is 12.3 Å². The summed E-state index contributed by atoms with van der Waals surface area (Å²) in [7, 11) is 0. The van der Waals surface area contributed by atoms with Crippen LogP contribution in [0.3, 0.4) is 0 Å². The van der Waals surface area contributed by atoms with Crippen LogP contribution in [0.4, 0.5) is 14.5 Å². The van der Waals surface area contributed by atoms with Gasteiger partial charge in [0, 0.05) is 0 Å². The summed E-state index contributed by atoms with van der Waals surface area (Å²) < 4.78 is 29.8. The van der Waals surface area contributed by atoms with Gasteiger partial charge in [0.2, 0.25) is 0 Å². The first kappa shape index (κ1) is 9.70. The number of benzene rings is 1. The second-order valence-corrected chi connectivity index (χ2v) is 3.11. The zero-order valence-corrected chi connectivity index (χ0v) is 7.46. The third kappa shape index (κ3) is 1.83. The molecule has 4 nitrogen and oxygen atoms in total. The van der Waals surface area contributed by atoms with Crippen LogP contribution in [0.15, 0.2) is 18.2 Å². The Morgan fingerprint density at radius 3 is 2.93 bits per heavy atom. The Morgan fingerprint density at radius 1 is 1.53 bits per heavy atom. The zero-order chi connectivity index (χ0) is 11.1. The second kappa shape index (κ2) is 3.08. The molecule has 1 aromatic rings. The van der Waals surface area contributed by atoms with Gasteiger partial charge in [-0.3, -0.25) is 0 Å². The molecule has 0 saturated carbocycles. The van der Waals surface area contributed by atoms with Crippen LogP contribution in [-0.4, -0.2) is 23.7 Å². The minimum atomic E-state index is -3.25. The second-order valence-electron chi connectivity index (χ2n) is 3.11. The number of carboxylic acid groups (broad SMARTS) is 1. The number of hydrogen-bond acceptors (Lipinski definition) is 3. The molecule has 80 valence electrons. The quantitative estimate of drug-likeness (QED) is 0.749. The largest absolute Gasteiger partial charge is 0.478 e. The third-order valence-corrected chi connectivity index (χ3v) is 1.97. The van der Waals surface area contributed by atoms with E-state index in [1.807, 2.05) is 0 Å². The van der Waals surface area contributed by atoms with E-state index in [0.29, 0.717) is 0 Å². The topological polar surface area (TPSA) is 58.6 Å². The van der Waals surface area contributed by atoms with Crippen molar-refractivity contribution >= 4 is 11.7 Å². The van der Waals surface area contributed by atoms with Crippen molar-refractivity contribution in [3.05, 3.63) is 23.8 Å². The Balaban J connectivity index is 2.36. The monoisotopic (exact) mass is 215 g/mol. The van der Waals surface area contributed by atoms with Gasteiger partial charge in [-0.1, -0.05) is 0 Å². The molecule has 1 aromatic carbocycles. The fourth-order valence-corrected chi connectivity index (χ4v) is 1.29. The molecule has 2 N–H and O–H groups in total. The highest BCUT2D eigenvalue weighted by molar-refractivity contribution is 5.89. The van der Waals surface area contributed by atoms with E-state index in [4.69, 9.17) is 5.11 Å². The molecule has 2 rings (SSSR count). The first-order valence-electron chi connectivity index (χ1n) is 4.16. The summed E-state index contributed by atoms with van der Waals surface area (Å²) in [5.41, 5.74) is 0.288. The van der Waals surface area contributed by atoms with Crippen LogP contribution >= 0.6 is 0 Å². The van der Waals surface area contributed by atoms with E-state index in [9.17, 15) is 13.6 Å². The number of rotatable bonds is 1. The predicted octanol–water partition coefficient (Wildman–Crippen LogP) is 1.78. The maximum atomic E-state index is 12.7. The molecule has 0 saturated heterocycles. The predicted molar refractivity (Wildman–Crippen MR) is 47.5 cm³/mol. The Kier molecular flexibility index (Phi) is 1.99. The van der Waals surface area contributed by atoms with Gasteiger partial charge in [-0.15, -0.1) is 0 Å². The van der Waals surface area contributed by atoms with Gasteiger partial charge in [-0.25, -0.2) is 4.79 Å². The summed E-state index contributed by atoms with van der Waals surface area (Å²) in [5, 5.41) is 11.1. The van der Waals surface area contributed by atoms with Gasteiger partial charge in [-0.05, 0) is 18.2 Å². The lowest BCUT2D eigenvalue weighted by atomic mass is 10.1. The Morgan fingerprint density at radius 2 is 2.27 bits per heavy atom. The lowest BCUT2D eigenvalue weighted by Crippen LogP contribution is -2.37. The number of aromatic carboxylic acids is 1. The average Bonchev–Trinajstić information content (AvgIpc) is 2.15. The normalized spacial score (nSPS) is 17.2. The molecule has 0 atom stereocenters. The molecule has 0 amide bonds. The number of carboxylic acids is 1. The summed E-state index contributed by atoms with van der Waals surface area (Å²) in [4.78, 5) is 10.6. The third-order valence-electron chi connectivity index (χ3n) is 1.97. The molecule has 15 heavy (non-hydrogen) atoms. The maximum absolute atomic E-state index is 12.7. The van der Waals surface area contributed by atoms with E-state index in [1.165, 1.54) is 18.2 Å². The highest BCUT2D eigenvalue weighted by Crippen LogP contribution is 2.34. The van der Waals surface area contributed by atoms with Crippen LogP contribution < -0.4 is 10.1 Å². The van der Waals surface area contributed by atoms with Gasteiger partial charge in [0.25, 0.3) is 0 Å². The SMILES string of the molecule is O=C(O)c1ccc2c(c1)NCC(F)(F)O2. The number of anilines is 1. The Hall–Kier alpha value is -1.85. The van der Waals surface area contributed by atoms with Gasteiger partial charge in [-0.2, -0.15) is 8.78 Å². The number of hydrogen-bond donors (Lipinski definition) is 2. The van der Waals surface area contributed by atoms with E-state index >= 15 is 0 Å².